The first-order chi connectivity index (χ1) is 20.9. The van der Waals surface area contributed by atoms with E-state index in [1.165, 1.54) is 103 Å². The highest BCUT2D eigenvalue weighted by Gasteiger charge is 2.52. The van der Waals surface area contributed by atoms with E-state index in [1.807, 2.05) is 0 Å². The first-order valence-corrected chi connectivity index (χ1v) is 19.6. The molecule has 260 valence electrons. The minimum atomic E-state index is -0.405. The van der Waals surface area contributed by atoms with Crippen molar-refractivity contribution in [1.29, 1.82) is 0 Å². The number of unbranched alkanes of at least 4 members (excludes halogenated alkanes) is 8. The van der Waals surface area contributed by atoms with Crippen molar-refractivity contribution in [2.24, 2.45) is 0 Å². The molecule has 0 N–H and O–H groups in total. The largest absolute Gasteiger partial charge is 0.312 e. The first-order valence-electron chi connectivity index (χ1n) is 19.6. The summed E-state index contributed by atoms with van der Waals surface area (Å²) >= 11 is 0. The van der Waals surface area contributed by atoms with E-state index in [9.17, 15) is 0 Å². The minimum Gasteiger partial charge on any atom is -0.312 e. The Labute approximate surface area is 272 Å². The van der Waals surface area contributed by atoms with E-state index in [4.69, 9.17) is 4.74 Å². The van der Waals surface area contributed by atoms with Gasteiger partial charge in [0.2, 0.25) is 0 Å². The molecule has 0 aromatic rings. The zero-order chi connectivity index (χ0) is 32.4. The lowest BCUT2D eigenvalue weighted by Crippen LogP contribution is -2.72. The topological polar surface area (TPSA) is 22.2 Å². The highest BCUT2D eigenvalue weighted by molar-refractivity contribution is 4.91. The van der Waals surface area contributed by atoms with Crippen molar-refractivity contribution >= 4 is 0 Å². The Morgan fingerprint density at radius 2 is 0.465 bits per heavy atom. The standard InChI is InChI=1S/C38H82N4O/c1-11-21-29-39(30-22-12-2)37(19-9,40(31-23-13-3)32-24-14-4)43-38(20-10,41(33-25-15-5)34-26-16-6)42(35-27-17-7)36-28-18-8/h11-36H2,1-10H3. The Morgan fingerprint density at radius 1 is 0.302 bits per heavy atom. The lowest BCUT2D eigenvalue weighted by Gasteiger charge is -2.59. The quantitative estimate of drug-likeness (QED) is 0.0705. The zero-order valence-electron chi connectivity index (χ0n) is 31.6. The second kappa shape index (κ2) is 27.0. The second-order valence-electron chi connectivity index (χ2n) is 13.1. The molecule has 0 aliphatic heterocycles. The summed E-state index contributed by atoms with van der Waals surface area (Å²) in [5.74, 6) is -0.809. The molecular formula is C38H82N4O. The van der Waals surface area contributed by atoms with Gasteiger partial charge in [0.1, 0.15) is 0 Å². The summed E-state index contributed by atoms with van der Waals surface area (Å²) < 4.78 is 8.25. The SMILES string of the molecule is CCCCN(CCCC)C(CC)(OC(CC)(N(CCCC)CCCC)N(CCCC)CCCC)N(CCCC)CCCC. The van der Waals surface area contributed by atoms with Crippen LogP contribution in [0.5, 0.6) is 0 Å². The fourth-order valence-electron chi connectivity index (χ4n) is 6.60. The second-order valence-corrected chi connectivity index (χ2v) is 13.1. The summed E-state index contributed by atoms with van der Waals surface area (Å²) in [6, 6.07) is 0. The van der Waals surface area contributed by atoms with Crippen molar-refractivity contribution in [3.63, 3.8) is 0 Å². The predicted octanol–water partition coefficient (Wildman–Crippen LogP) is 10.7. The van der Waals surface area contributed by atoms with Crippen LogP contribution in [0.3, 0.4) is 0 Å². The van der Waals surface area contributed by atoms with Gasteiger partial charge in [-0.2, -0.15) is 0 Å². The lowest BCUT2D eigenvalue weighted by atomic mass is 10.1. The van der Waals surface area contributed by atoms with Gasteiger partial charge in [0, 0.05) is 65.2 Å². The smallest absolute Gasteiger partial charge is 0.183 e. The van der Waals surface area contributed by atoms with Crippen LogP contribution in [-0.2, 0) is 4.74 Å². The molecule has 0 atom stereocenters. The third kappa shape index (κ3) is 14.4. The molecule has 0 aliphatic carbocycles. The van der Waals surface area contributed by atoms with Gasteiger partial charge in [-0.1, -0.05) is 121 Å². The summed E-state index contributed by atoms with van der Waals surface area (Å²) in [4.78, 5) is 11.3. The van der Waals surface area contributed by atoms with Gasteiger partial charge in [0.15, 0.2) is 11.7 Å². The van der Waals surface area contributed by atoms with Crippen molar-refractivity contribution < 1.29 is 4.74 Å². The zero-order valence-corrected chi connectivity index (χ0v) is 31.6. The van der Waals surface area contributed by atoms with E-state index in [-0.39, 0.29) is 0 Å². The minimum absolute atomic E-state index is 0.405. The average molecular weight is 611 g/mol. The van der Waals surface area contributed by atoms with Crippen molar-refractivity contribution in [2.75, 3.05) is 52.4 Å². The highest BCUT2D eigenvalue weighted by Crippen LogP contribution is 2.39. The van der Waals surface area contributed by atoms with Gasteiger partial charge in [-0.05, 0) is 51.4 Å². The van der Waals surface area contributed by atoms with Gasteiger partial charge < -0.3 is 4.74 Å². The van der Waals surface area contributed by atoms with Crippen LogP contribution in [0.2, 0.25) is 0 Å². The van der Waals surface area contributed by atoms with Gasteiger partial charge >= 0.3 is 0 Å². The van der Waals surface area contributed by atoms with Gasteiger partial charge in [-0.25, -0.2) is 0 Å². The molecule has 5 nitrogen and oxygen atoms in total. The van der Waals surface area contributed by atoms with Gasteiger partial charge in [0.05, 0.1) is 0 Å². The van der Waals surface area contributed by atoms with E-state index < -0.39 is 11.7 Å². The summed E-state index contributed by atoms with van der Waals surface area (Å²) in [6.45, 7) is 32.6. The van der Waals surface area contributed by atoms with Crippen LogP contribution in [0.25, 0.3) is 0 Å². The number of ether oxygens (including phenoxy) is 1. The maximum atomic E-state index is 8.25. The van der Waals surface area contributed by atoms with Crippen LogP contribution >= 0.6 is 0 Å². The monoisotopic (exact) mass is 611 g/mol. The average Bonchev–Trinajstić information content (AvgIpc) is 3.03. The lowest BCUT2D eigenvalue weighted by molar-refractivity contribution is -0.377. The van der Waals surface area contributed by atoms with Gasteiger partial charge in [-0.15, -0.1) is 0 Å². The molecule has 0 saturated carbocycles. The Morgan fingerprint density at radius 3 is 0.581 bits per heavy atom. The van der Waals surface area contributed by atoms with Gasteiger partial charge in [0.25, 0.3) is 0 Å². The van der Waals surface area contributed by atoms with Crippen LogP contribution in [0.1, 0.15) is 185 Å². The molecular weight excluding hydrogens is 528 g/mol. The number of rotatable bonds is 32. The summed E-state index contributed by atoms with van der Waals surface area (Å²) in [5, 5.41) is 0. The first kappa shape index (κ1) is 42.8. The Hall–Kier alpha value is -0.200. The number of hydrogen-bond acceptors (Lipinski definition) is 5. The van der Waals surface area contributed by atoms with Crippen molar-refractivity contribution in [1.82, 2.24) is 19.6 Å². The Kier molecular flexibility index (Phi) is 26.8. The van der Waals surface area contributed by atoms with Crippen molar-refractivity contribution in [3.8, 4) is 0 Å². The summed E-state index contributed by atoms with van der Waals surface area (Å²) in [5.41, 5.74) is 0. The van der Waals surface area contributed by atoms with E-state index >= 15 is 0 Å². The molecule has 0 spiro atoms. The van der Waals surface area contributed by atoms with Crippen molar-refractivity contribution in [2.45, 2.75) is 197 Å². The normalized spacial score (nSPS) is 13.0. The molecule has 0 bridgehead atoms. The number of hydrogen-bond donors (Lipinski definition) is 0. The third-order valence-corrected chi connectivity index (χ3v) is 9.48. The van der Waals surface area contributed by atoms with Crippen LogP contribution in [-0.4, -0.2) is 83.7 Å². The Balaban J connectivity index is 7.55. The molecule has 5 heteroatoms. The molecule has 0 aromatic heterocycles. The van der Waals surface area contributed by atoms with Gasteiger partial charge in [-0.3, -0.25) is 19.6 Å². The number of nitrogens with zero attached hydrogens (tertiary/aromatic N) is 4. The van der Waals surface area contributed by atoms with E-state index in [0.717, 1.165) is 65.2 Å². The summed E-state index contributed by atoms with van der Waals surface area (Å²) in [7, 11) is 0. The van der Waals surface area contributed by atoms with Crippen LogP contribution < -0.4 is 0 Å². The Bertz CT molecular complexity index is 478. The van der Waals surface area contributed by atoms with E-state index in [1.54, 1.807) is 0 Å². The van der Waals surface area contributed by atoms with Crippen LogP contribution in [0.15, 0.2) is 0 Å². The highest BCUT2D eigenvalue weighted by atomic mass is 16.6. The molecule has 0 fully saturated rings. The molecule has 0 saturated heterocycles. The van der Waals surface area contributed by atoms with Crippen LogP contribution in [0.4, 0.5) is 0 Å². The maximum absolute atomic E-state index is 8.25. The molecule has 43 heavy (non-hydrogen) atoms. The maximum Gasteiger partial charge on any atom is 0.183 e. The molecule has 0 rings (SSSR count). The molecule has 0 aromatic carbocycles. The molecule has 0 unspecified atom stereocenters. The molecule has 0 aliphatic rings. The van der Waals surface area contributed by atoms with Crippen LogP contribution in [0, 0.1) is 0 Å². The van der Waals surface area contributed by atoms with E-state index in [2.05, 4.69) is 88.8 Å². The molecule has 0 heterocycles. The van der Waals surface area contributed by atoms with E-state index in [0.29, 0.717) is 0 Å². The molecule has 0 radical (unpaired) electrons. The predicted molar refractivity (Wildman–Crippen MR) is 193 cm³/mol. The fraction of sp³-hybridized carbons (Fsp3) is 1.00. The third-order valence-electron chi connectivity index (χ3n) is 9.48. The molecule has 0 amide bonds. The summed E-state index contributed by atoms with van der Waals surface area (Å²) in [6.07, 6.45) is 21.6. The van der Waals surface area contributed by atoms with Crippen molar-refractivity contribution in [3.05, 3.63) is 0 Å². The fourth-order valence-corrected chi connectivity index (χ4v) is 6.60.